The lowest BCUT2D eigenvalue weighted by Crippen LogP contribution is -1.96. The van der Waals surface area contributed by atoms with Gasteiger partial charge in [0.1, 0.15) is 22.3 Å². The van der Waals surface area contributed by atoms with E-state index in [1.807, 2.05) is 48.5 Å². The molecule has 0 unspecified atom stereocenters. The topological polar surface area (TPSA) is 57.0 Å². The smallest absolute Gasteiger partial charge is 0.161 e. The highest BCUT2D eigenvalue weighted by Crippen LogP contribution is 2.41. The maximum atomic E-state index is 6.57. The van der Waals surface area contributed by atoms with Crippen LogP contribution in [0.2, 0.25) is 0 Å². The molecule has 0 aliphatic rings. The molecule has 0 bridgehead atoms. The first-order valence-corrected chi connectivity index (χ1v) is 21.2. The van der Waals surface area contributed by atoms with Crippen molar-refractivity contribution in [3.63, 3.8) is 0 Å². The van der Waals surface area contributed by atoms with E-state index in [1.54, 1.807) is 0 Å². The van der Waals surface area contributed by atoms with E-state index in [4.69, 9.17) is 18.8 Å². The summed E-state index contributed by atoms with van der Waals surface area (Å²) in [5.74, 6) is 0.624. The molecule has 0 N–H and O–H groups in total. The molecule has 0 saturated carbocycles. The number of hydrogen-bond acceptors (Lipinski definition) is 4. The average molecular weight is 806 g/mol. The van der Waals surface area contributed by atoms with Gasteiger partial charge in [0.2, 0.25) is 0 Å². The average Bonchev–Trinajstić information content (AvgIpc) is 4.03. The molecule has 13 rings (SSSR count). The van der Waals surface area contributed by atoms with Crippen LogP contribution in [0.3, 0.4) is 0 Å². The van der Waals surface area contributed by atoms with E-state index in [0.717, 1.165) is 94.3 Å². The van der Waals surface area contributed by atoms with Crippen molar-refractivity contribution in [3.05, 3.63) is 212 Å². The third-order valence-corrected chi connectivity index (χ3v) is 12.4. The number of aromatic nitrogens is 3. The van der Waals surface area contributed by atoms with Crippen LogP contribution in [0.4, 0.5) is 0 Å². The monoisotopic (exact) mass is 805 g/mol. The Bertz CT molecular complexity index is 3900. The Morgan fingerprint density at radius 3 is 1.75 bits per heavy atom. The maximum Gasteiger partial charge on any atom is 0.161 e. The number of benzene rings is 9. The Morgan fingerprint density at radius 2 is 0.905 bits per heavy atom. The highest BCUT2D eigenvalue weighted by Gasteiger charge is 2.20. The van der Waals surface area contributed by atoms with Crippen molar-refractivity contribution in [2.45, 2.75) is 0 Å². The summed E-state index contributed by atoms with van der Waals surface area (Å²) < 4.78 is 15.3. The largest absolute Gasteiger partial charge is 0.456 e. The van der Waals surface area contributed by atoms with Crippen LogP contribution in [0.1, 0.15) is 0 Å². The predicted octanol–water partition coefficient (Wildman–Crippen LogP) is 15.7. The van der Waals surface area contributed by atoms with Crippen LogP contribution in [0, 0.1) is 0 Å². The van der Waals surface area contributed by atoms with E-state index in [-0.39, 0.29) is 0 Å². The van der Waals surface area contributed by atoms with E-state index in [9.17, 15) is 0 Å². The summed E-state index contributed by atoms with van der Waals surface area (Å²) in [7, 11) is 0. The molecule has 4 aromatic heterocycles. The molecule has 0 aliphatic heterocycles. The van der Waals surface area contributed by atoms with Crippen molar-refractivity contribution in [2.75, 3.05) is 0 Å². The zero-order valence-corrected chi connectivity index (χ0v) is 33.9. The first kappa shape index (κ1) is 35.2. The molecule has 5 heteroatoms. The van der Waals surface area contributed by atoms with Gasteiger partial charge >= 0.3 is 0 Å². The highest BCUT2D eigenvalue weighted by atomic mass is 16.3. The normalized spacial score (nSPS) is 11.8. The number of furan rings is 2. The lowest BCUT2D eigenvalue weighted by atomic mass is 9.98. The van der Waals surface area contributed by atoms with Gasteiger partial charge < -0.3 is 13.4 Å². The van der Waals surface area contributed by atoms with Gasteiger partial charge in [-0.2, -0.15) is 0 Å². The van der Waals surface area contributed by atoms with Crippen molar-refractivity contribution in [1.82, 2.24) is 14.5 Å². The molecule has 4 heterocycles. The second-order valence-electron chi connectivity index (χ2n) is 16.1. The zero-order valence-electron chi connectivity index (χ0n) is 33.9. The van der Waals surface area contributed by atoms with Crippen LogP contribution in [-0.2, 0) is 0 Å². The van der Waals surface area contributed by atoms with Gasteiger partial charge in [-0.25, -0.2) is 9.97 Å². The molecule has 0 amide bonds. The molecular weight excluding hydrogens is 771 g/mol. The molecule has 0 spiro atoms. The number of rotatable bonds is 6. The molecule has 13 aromatic rings. The summed E-state index contributed by atoms with van der Waals surface area (Å²) in [5, 5.41) is 6.59. The van der Waals surface area contributed by atoms with Crippen LogP contribution >= 0.6 is 0 Å². The molecular formula is C58H35N3O2. The fourth-order valence-corrected chi connectivity index (χ4v) is 9.42. The minimum absolute atomic E-state index is 0.624. The molecule has 294 valence electrons. The van der Waals surface area contributed by atoms with Crippen LogP contribution in [0.5, 0.6) is 0 Å². The van der Waals surface area contributed by atoms with Crippen LogP contribution in [0.15, 0.2) is 221 Å². The third-order valence-electron chi connectivity index (χ3n) is 12.4. The van der Waals surface area contributed by atoms with E-state index < -0.39 is 0 Å². The van der Waals surface area contributed by atoms with Gasteiger partial charge in [0.15, 0.2) is 5.82 Å². The first-order valence-electron chi connectivity index (χ1n) is 21.2. The van der Waals surface area contributed by atoms with Gasteiger partial charge in [-0.15, -0.1) is 0 Å². The maximum absolute atomic E-state index is 6.57. The molecule has 0 fully saturated rings. The molecule has 0 atom stereocenters. The summed E-state index contributed by atoms with van der Waals surface area (Å²) >= 11 is 0. The molecule has 0 radical (unpaired) electrons. The number of para-hydroxylation sites is 2. The Hall–Kier alpha value is -8.54. The highest BCUT2D eigenvalue weighted by molar-refractivity contribution is 6.14. The van der Waals surface area contributed by atoms with Crippen LogP contribution < -0.4 is 0 Å². The summed E-state index contributed by atoms with van der Waals surface area (Å²) in [4.78, 5) is 10.6. The van der Waals surface area contributed by atoms with Gasteiger partial charge in [0, 0.05) is 54.7 Å². The minimum Gasteiger partial charge on any atom is -0.456 e. The second kappa shape index (κ2) is 14.0. The third kappa shape index (κ3) is 5.78. The summed E-state index contributed by atoms with van der Waals surface area (Å²) in [6, 6.07) is 74.4. The van der Waals surface area contributed by atoms with Gasteiger partial charge in [0.25, 0.3) is 0 Å². The Labute approximate surface area is 361 Å². The Kier molecular flexibility index (Phi) is 7.84. The summed E-state index contributed by atoms with van der Waals surface area (Å²) in [6.07, 6.45) is 0. The molecule has 0 aliphatic carbocycles. The summed E-state index contributed by atoms with van der Waals surface area (Å²) in [5.41, 5.74) is 15.9. The summed E-state index contributed by atoms with van der Waals surface area (Å²) in [6.45, 7) is 0. The van der Waals surface area contributed by atoms with E-state index >= 15 is 0 Å². The minimum atomic E-state index is 0.624. The van der Waals surface area contributed by atoms with Crippen molar-refractivity contribution in [2.24, 2.45) is 0 Å². The van der Waals surface area contributed by atoms with Crippen molar-refractivity contribution < 1.29 is 8.83 Å². The number of fused-ring (bicyclic) bond motifs is 9. The van der Waals surface area contributed by atoms with E-state index in [2.05, 4.69) is 168 Å². The standard InChI is InChI=1S/C58H35N3O2/c1-4-13-36(14-5-1)38-25-29-51-47(31-38)43-27-23-40(33-52(43)61(51)42-17-8-3-9-18-42)39-26-30-54-48(32-39)57-46(20-12-22-55(57)62-54)58-59-49(37-15-6-2-7-16-37)35-50(60-58)41-24-28-45-44-19-10-11-21-53(44)63-56(45)34-41/h1-35H. The molecule has 0 saturated heterocycles. The molecule has 5 nitrogen and oxygen atoms in total. The van der Waals surface area contributed by atoms with Crippen LogP contribution in [-0.4, -0.2) is 14.5 Å². The predicted molar refractivity (Wildman–Crippen MR) is 258 cm³/mol. The first-order chi connectivity index (χ1) is 31.2. The fourth-order valence-electron chi connectivity index (χ4n) is 9.42. The Morgan fingerprint density at radius 1 is 0.317 bits per heavy atom. The Balaban J connectivity index is 0.981. The van der Waals surface area contributed by atoms with E-state index in [0.29, 0.717) is 5.82 Å². The number of nitrogens with zero attached hydrogens (tertiary/aromatic N) is 3. The van der Waals surface area contributed by atoms with E-state index in [1.165, 1.54) is 27.4 Å². The quantitative estimate of drug-likeness (QED) is 0.168. The van der Waals surface area contributed by atoms with Gasteiger partial charge in [-0.05, 0) is 95.1 Å². The zero-order chi connectivity index (χ0) is 41.4. The lowest BCUT2D eigenvalue weighted by Gasteiger charge is -2.10. The van der Waals surface area contributed by atoms with Crippen LogP contribution in [0.25, 0.3) is 128 Å². The molecule has 63 heavy (non-hydrogen) atoms. The van der Waals surface area contributed by atoms with Crippen molar-refractivity contribution in [1.29, 1.82) is 0 Å². The second-order valence-corrected chi connectivity index (χ2v) is 16.1. The van der Waals surface area contributed by atoms with Crippen molar-refractivity contribution in [3.8, 4) is 61.8 Å². The van der Waals surface area contributed by atoms with Gasteiger partial charge in [-0.3, -0.25) is 0 Å². The SMILES string of the molecule is c1ccc(-c2ccc3c(c2)c2ccc(-c4ccc5oc6cccc(-c7nc(-c8ccccc8)cc(-c8ccc9c(c8)oc8ccccc89)n7)c6c5c4)cc2n3-c2ccccc2)cc1. The fraction of sp³-hybridized carbons (Fsp3) is 0. The lowest BCUT2D eigenvalue weighted by molar-refractivity contribution is 0.668. The molecule has 9 aromatic carbocycles. The number of hydrogen-bond donors (Lipinski definition) is 0. The van der Waals surface area contributed by atoms with Crippen molar-refractivity contribution >= 4 is 65.7 Å². The van der Waals surface area contributed by atoms with Gasteiger partial charge in [0.05, 0.1) is 22.4 Å². The van der Waals surface area contributed by atoms with Gasteiger partial charge in [-0.1, -0.05) is 140 Å².